The summed E-state index contributed by atoms with van der Waals surface area (Å²) in [6, 6.07) is 11.8. The highest BCUT2D eigenvalue weighted by Gasteiger charge is 2.49. The number of hydrogen-bond donors (Lipinski definition) is 3. The zero-order valence-corrected chi connectivity index (χ0v) is 27.9. The number of aromatic hydroxyl groups is 1. The summed E-state index contributed by atoms with van der Waals surface area (Å²) in [7, 11) is 0. The third kappa shape index (κ3) is 10.5. The van der Waals surface area contributed by atoms with Gasteiger partial charge in [-0.15, -0.1) is 0 Å². The molecular weight excluding hydrogens is 574 g/mol. The second-order valence-corrected chi connectivity index (χ2v) is 14.2. The van der Waals surface area contributed by atoms with Gasteiger partial charge in [-0.3, -0.25) is 9.59 Å². The standard InChI is InChI=1S/C35H49N3O7/c1-21(2)28(37-33(43)45-35(7,8)9)31(41)38(27-18-22(27)3)29(24-16-13-17-25(39)20-24)30(40)36-26(32(42)44-34(4,5)6)19-23-14-11-10-12-15-23/h10-17,20-22,26-29,39H,18-19H2,1-9H3,(H,36,40)(H,37,43). The van der Waals surface area contributed by atoms with Gasteiger partial charge in [-0.1, -0.05) is 63.2 Å². The monoisotopic (exact) mass is 623 g/mol. The van der Waals surface area contributed by atoms with Crippen LogP contribution in [0.3, 0.4) is 0 Å². The number of carbonyl (C=O) groups excluding carboxylic acids is 4. The first-order valence-corrected chi connectivity index (χ1v) is 15.5. The molecule has 0 heterocycles. The molecule has 3 N–H and O–H groups in total. The van der Waals surface area contributed by atoms with Crippen molar-refractivity contribution < 1.29 is 33.8 Å². The molecule has 45 heavy (non-hydrogen) atoms. The smallest absolute Gasteiger partial charge is 0.408 e. The van der Waals surface area contributed by atoms with Crippen LogP contribution in [0.1, 0.15) is 85.9 Å². The van der Waals surface area contributed by atoms with Gasteiger partial charge < -0.3 is 30.1 Å². The van der Waals surface area contributed by atoms with Crippen molar-refractivity contribution in [2.45, 2.75) is 111 Å². The van der Waals surface area contributed by atoms with Gasteiger partial charge in [0.05, 0.1) is 0 Å². The lowest BCUT2D eigenvalue weighted by Gasteiger charge is -2.36. The molecule has 3 rings (SSSR count). The number of carbonyl (C=O) groups is 4. The molecule has 0 radical (unpaired) electrons. The lowest BCUT2D eigenvalue weighted by atomic mass is 9.97. The Hall–Kier alpha value is -4.08. The van der Waals surface area contributed by atoms with Crippen LogP contribution >= 0.6 is 0 Å². The molecule has 1 aliphatic rings. The summed E-state index contributed by atoms with van der Waals surface area (Å²) in [5.41, 5.74) is -0.404. The summed E-state index contributed by atoms with van der Waals surface area (Å²) in [6.07, 6.45) is 0.0617. The molecule has 0 bridgehead atoms. The number of hydrogen-bond acceptors (Lipinski definition) is 7. The second kappa shape index (κ2) is 14.3. The predicted molar refractivity (Wildman–Crippen MR) is 171 cm³/mol. The highest BCUT2D eigenvalue weighted by atomic mass is 16.6. The number of alkyl carbamates (subject to hydrolysis) is 1. The van der Waals surface area contributed by atoms with Crippen molar-refractivity contribution in [1.82, 2.24) is 15.5 Å². The van der Waals surface area contributed by atoms with Gasteiger partial charge in [0.25, 0.3) is 0 Å². The lowest BCUT2D eigenvalue weighted by molar-refractivity contribution is -0.159. The number of ether oxygens (including phenoxy) is 2. The molecule has 246 valence electrons. The molecule has 5 atom stereocenters. The van der Waals surface area contributed by atoms with Gasteiger partial charge in [0.1, 0.15) is 35.1 Å². The molecule has 0 saturated heterocycles. The Labute approximate surface area is 266 Å². The van der Waals surface area contributed by atoms with Crippen LogP contribution in [-0.4, -0.2) is 63.2 Å². The average Bonchev–Trinajstić information content (AvgIpc) is 3.63. The maximum atomic E-state index is 14.4. The van der Waals surface area contributed by atoms with E-state index in [4.69, 9.17) is 9.47 Å². The van der Waals surface area contributed by atoms with E-state index in [-0.39, 0.29) is 30.0 Å². The molecule has 1 aliphatic carbocycles. The Morgan fingerprint density at radius 2 is 1.51 bits per heavy atom. The molecule has 10 nitrogen and oxygen atoms in total. The van der Waals surface area contributed by atoms with E-state index >= 15 is 0 Å². The molecular formula is C35H49N3O7. The van der Waals surface area contributed by atoms with Crippen molar-refractivity contribution in [3.05, 3.63) is 65.7 Å². The first kappa shape index (κ1) is 35.4. The van der Waals surface area contributed by atoms with E-state index in [0.717, 1.165) is 5.56 Å². The van der Waals surface area contributed by atoms with Gasteiger partial charge in [-0.25, -0.2) is 9.59 Å². The fourth-order valence-electron chi connectivity index (χ4n) is 5.08. The van der Waals surface area contributed by atoms with Crippen LogP contribution in [-0.2, 0) is 30.3 Å². The number of rotatable bonds is 11. The molecule has 0 spiro atoms. The SMILES string of the molecule is CC(C)C(NC(=O)OC(C)(C)C)C(=O)N(C(C(=O)NC(Cc1ccccc1)C(=O)OC(C)(C)C)c1cccc(O)c1)C1CC1C. The quantitative estimate of drug-likeness (QED) is 0.290. The van der Waals surface area contributed by atoms with E-state index < -0.39 is 53.2 Å². The molecule has 0 aromatic heterocycles. The number of nitrogens with zero attached hydrogens (tertiary/aromatic N) is 1. The number of phenols is 1. The van der Waals surface area contributed by atoms with Gasteiger partial charge in [0.2, 0.25) is 11.8 Å². The van der Waals surface area contributed by atoms with E-state index in [2.05, 4.69) is 10.6 Å². The van der Waals surface area contributed by atoms with E-state index in [1.807, 2.05) is 37.3 Å². The van der Waals surface area contributed by atoms with Gasteiger partial charge >= 0.3 is 12.1 Å². The van der Waals surface area contributed by atoms with Gasteiger partial charge in [-0.05, 0) is 83.1 Å². The first-order chi connectivity index (χ1) is 20.9. The van der Waals surface area contributed by atoms with Crippen molar-refractivity contribution in [3.63, 3.8) is 0 Å². The maximum absolute atomic E-state index is 14.4. The van der Waals surface area contributed by atoms with Crippen LogP contribution in [0.2, 0.25) is 0 Å². The third-order valence-electron chi connectivity index (χ3n) is 7.29. The summed E-state index contributed by atoms with van der Waals surface area (Å²) >= 11 is 0. The largest absolute Gasteiger partial charge is 0.508 e. The van der Waals surface area contributed by atoms with E-state index in [9.17, 15) is 24.3 Å². The van der Waals surface area contributed by atoms with E-state index in [0.29, 0.717) is 12.0 Å². The Bertz CT molecular complexity index is 1350. The van der Waals surface area contributed by atoms with Crippen LogP contribution < -0.4 is 10.6 Å². The minimum Gasteiger partial charge on any atom is -0.508 e. The van der Waals surface area contributed by atoms with Crippen LogP contribution in [0.4, 0.5) is 4.79 Å². The number of nitrogens with one attached hydrogen (secondary N) is 2. The summed E-state index contributed by atoms with van der Waals surface area (Å²) < 4.78 is 11.1. The fraction of sp³-hybridized carbons (Fsp3) is 0.543. The number of benzene rings is 2. The highest BCUT2D eigenvalue weighted by molar-refractivity contribution is 5.94. The van der Waals surface area contributed by atoms with Gasteiger partial charge in [-0.2, -0.15) is 0 Å². The molecule has 2 aromatic carbocycles. The van der Waals surface area contributed by atoms with Crippen LogP contribution in [0, 0.1) is 11.8 Å². The van der Waals surface area contributed by atoms with Crippen molar-refractivity contribution in [3.8, 4) is 5.75 Å². The first-order valence-electron chi connectivity index (χ1n) is 15.5. The normalized spacial score (nSPS) is 18.3. The predicted octanol–water partition coefficient (Wildman–Crippen LogP) is 5.29. The maximum Gasteiger partial charge on any atom is 0.408 e. The third-order valence-corrected chi connectivity index (χ3v) is 7.29. The Kier molecular flexibility index (Phi) is 11.3. The average molecular weight is 624 g/mol. The van der Waals surface area contributed by atoms with E-state index in [1.165, 1.54) is 17.0 Å². The molecule has 0 aliphatic heterocycles. The van der Waals surface area contributed by atoms with Gasteiger partial charge in [0.15, 0.2) is 0 Å². The number of esters is 1. The number of phenolic OH excluding ortho intramolecular Hbond substituents is 1. The van der Waals surface area contributed by atoms with Crippen molar-refractivity contribution >= 4 is 23.9 Å². The topological polar surface area (TPSA) is 134 Å². The summed E-state index contributed by atoms with van der Waals surface area (Å²) in [5.74, 6) is -2.03. The zero-order chi connectivity index (χ0) is 33.7. The van der Waals surface area contributed by atoms with Crippen LogP contribution in [0.25, 0.3) is 0 Å². The second-order valence-electron chi connectivity index (χ2n) is 14.2. The Balaban J connectivity index is 2.05. The molecule has 1 fully saturated rings. The number of amides is 3. The fourth-order valence-corrected chi connectivity index (χ4v) is 5.08. The lowest BCUT2D eigenvalue weighted by Crippen LogP contribution is -2.57. The molecule has 3 amide bonds. The molecule has 5 unspecified atom stereocenters. The van der Waals surface area contributed by atoms with Crippen molar-refractivity contribution in [2.24, 2.45) is 11.8 Å². The van der Waals surface area contributed by atoms with Crippen LogP contribution in [0.15, 0.2) is 54.6 Å². The zero-order valence-electron chi connectivity index (χ0n) is 27.9. The van der Waals surface area contributed by atoms with Crippen molar-refractivity contribution in [1.29, 1.82) is 0 Å². The highest BCUT2D eigenvalue weighted by Crippen LogP contribution is 2.41. The Morgan fingerprint density at radius 3 is 2.02 bits per heavy atom. The minimum absolute atomic E-state index is 0.0817. The molecule has 10 heteroatoms. The molecule has 1 saturated carbocycles. The molecule has 2 aromatic rings. The van der Waals surface area contributed by atoms with Gasteiger partial charge in [0, 0.05) is 12.5 Å². The van der Waals surface area contributed by atoms with E-state index in [1.54, 1.807) is 67.5 Å². The van der Waals surface area contributed by atoms with Crippen LogP contribution in [0.5, 0.6) is 5.75 Å². The Morgan fingerprint density at radius 1 is 0.911 bits per heavy atom. The summed E-state index contributed by atoms with van der Waals surface area (Å²) in [4.78, 5) is 56.6. The van der Waals surface area contributed by atoms with Crippen molar-refractivity contribution in [2.75, 3.05) is 0 Å². The summed E-state index contributed by atoms with van der Waals surface area (Å²) in [5, 5.41) is 16.0. The summed E-state index contributed by atoms with van der Waals surface area (Å²) in [6.45, 7) is 16.0. The minimum atomic E-state index is -1.22.